The van der Waals surface area contributed by atoms with Crippen molar-refractivity contribution >= 4 is 32.6 Å². The van der Waals surface area contributed by atoms with E-state index in [0.717, 1.165) is 15.8 Å². The lowest BCUT2D eigenvalue weighted by molar-refractivity contribution is -0.123. The number of nitrogens with one attached hydrogen (secondary N) is 1. The first-order valence-corrected chi connectivity index (χ1v) is 10.2. The van der Waals surface area contributed by atoms with E-state index in [0.29, 0.717) is 23.5 Å². The van der Waals surface area contributed by atoms with Gasteiger partial charge < -0.3 is 20.5 Å². The van der Waals surface area contributed by atoms with Crippen molar-refractivity contribution in [1.29, 1.82) is 5.41 Å². The van der Waals surface area contributed by atoms with Crippen molar-refractivity contribution < 1.29 is 19.8 Å². The van der Waals surface area contributed by atoms with Crippen molar-refractivity contribution in [3.63, 3.8) is 0 Å². The van der Waals surface area contributed by atoms with Gasteiger partial charge in [-0.05, 0) is 56.3 Å². The van der Waals surface area contributed by atoms with E-state index in [4.69, 9.17) is 5.41 Å². The Morgan fingerprint density at radius 1 is 1.19 bits per heavy atom. The molecule has 1 unspecified atom stereocenters. The number of phenols is 2. The molecule has 3 amide bonds. The second kappa shape index (κ2) is 8.15. The number of carbonyl (C=O) groups excluding carboxylic acids is 2. The molecular formula is C21H26N5O4P. The number of anilines is 1. The zero-order valence-electron chi connectivity index (χ0n) is 17.9. The molecule has 3 rings (SSSR count). The van der Waals surface area contributed by atoms with E-state index >= 15 is 0 Å². The summed E-state index contributed by atoms with van der Waals surface area (Å²) in [4.78, 5) is 28.8. The molecule has 1 atom stereocenters. The molecule has 2 aromatic rings. The van der Waals surface area contributed by atoms with E-state index in [9.17, 15) is 19.8 Å². The summed E-state index contributed by atoms with van der Waals surface area (Å²) in [7, 11) is 2.58. The molecule has 1 aromatic carbocycles. The summed E-state index contributed by atoms with van der Waals surface area (Å²) in [6, 6.07) is 3.79. The topological polar surface area (TPSA) is 123 Å². The molecule has 2 heterocycles. The number of aromatic hydroxyl groups is 2. The number of rotatable bonds is 6. The minimum Gasteiger partial charge on any atom is -0.504 e. The summed E-state index contributed by atoms with van der Waals surface area (Å²) in [5.41, 5.74) is 1.03. The first-order chi connectivity index (χ1) is 14.4. The van der Waals surface area contributed by atoms with Crippen molar-refractivity contribution in [3.05, 3.63) is 47.0 Å². The standard InChI is InChI=1S/C21H26N5O4P/c1-12(22)16(13(2)31)11-24-10-15(8-23-24)26-19(29)21(3,4)25(20(26)30)9-14-5-6-17(27)18(28)7-14/h5-8,10,22,27-28H,9,11,31H2,1-4H3. The Bertz CT molecular complexity index is 1100. The van der Waals surface area contributed by atoms with Gasteiger partial charge in [-0.25, -0.2) is 9.69 Å². The molecular weight excluding hydrogens is 417 g/mol. The number of allylic oxidation sites excluding steroid dienone is 2. The summed E-state index contributed by atoms with van der Waals surface area (Å²) in [5, 5.41) is 32.3. The number of benzene rings is 1. The number of amides is 3. The third-order valence-corrected chi connectivity index (χ3v) is 5.68. The van der Waals surface area contributed by atoms with Crippen LogP contribution in [0.4, 0.5) is 10.5 Å². The smallest absolute Gasteiger partial charge is 0.332 e. The minimum atomic E-state index is -1.11. The number of imide groups is 1. The van der Waals surface area contributed by atoms with Crippen molar-refractivity contribution in [1.82, 2.24) is 14.7 Å². The maximum atomic E-state index is 13.2. The third kappa shape index (κ3) is 4.18. The van der Waals surface area contributed by atoms with Crippen LogP contribution < -0.4 is 4.90 Å². The fraction of sp³-hybridized carbons (Fsp3) is 0.333. The number of urea groups is 1. The summed E-state index contributed by atoms with van der Waals surface area (Å²) < 4.78 is 1.59. The van der Waals surface area contributed by atoms with E-state index in [1.165, 1.54) is 23.2 Å². The van der Waals surface area contributed by atoms with E-state index in [-0.39, 0.29) is 24.0 Å². The highest BCUT2D eigenvalue weighted by Crippen LogP contribution is 2.34. The largest absolute Gasteiger partial charge is 0.504 e. The maximum Gasteiger partial charge on any atom is 0.332 e. The molecule has 1 saturated heterocycles. The van der Waals surface area contributed by atoms with Gasteiger partial charge in [0.25, 0.3) is 5.91 Å². The lowest BCUT2D eigenvalue weighted by Crippen LogP contribution is -2.43. The lowest BCUT2D eigenvalue weighted by atomic mass is 10.0. The molecule has 1 aliphatic rings. The normalized spacial score (nSPS) is 16.7. The number of phenolic OH excluding ortho intramolecular Hbond substituents is 2. The SMILES string of the molecule is CC(=N)C(Cn1cc(N2C(=O)N(Cc3ccc(O)c(O)c3)C(C)(C)C2=O)cn1)=C(C)P. The van der Waals surface area contributed by atoms with Crippen LogP contribution in [0.5, 0.6) is 11.5 Å². The van der Waals surface area contributed by atoms with Gasteiger partial charge >= 0.3 is 6.03 Å². The number of hydrogen-bond donors (Lipinski definition) is 3. The second-order valence-electron chi connectivity index (χ2n) is 8.07. The first-order valence-electron chi connectivity index (χ1n) is 9.63. The van der Waals surface area contributed by atoms with Gasteiger partial charge in [-0.1, -0.05) is 6.07 Å². The fourth-order valence-corrected chi connectivity index (χ4v) is 3.74. The number of nitrogens with zero attached hydrogens (tertiary/aromatic N) is 4. The zero-order chi connectivity index (χ0) is 23.1. The summed E-state index contributed by atoms with van der Waals surface area (Å²) >= 11 is 0. The monoisotopic (exact) mass is 443 g/mol. The Balaban J connectivity index is 1.88. The van der Waals surface area contributed by atoms with Crippen molar-refractivity contribution in [3.8, 4) is 11.5 Å². The van der Waals surface area contributed by atoms with Crippen LogP contribution in [-0.2, 0) is 17.9 Å². The molecule has 0 saturated carbocycles. The highest BCUT2D eigenvalue weighted by Gasteiger charge is 2.52. The summed E-state index contributed by atoms with van der Waals surface area (Å²) in [6.45, 7) is 7.34. The second-order valence-corrected chi connectivity index (χ2v) is 8.94. The molecule has 0 bridgehead atoms. The Hall–Kier alpha value is -3.19. The van der Waals surface area contributed by atoms with Crippen LogP contribution in [-0.4, -0.2) is 48.1 Å². The Morgan fingerprint density at radius 2 is 1.87 bits per heavy atom. The van der Waals surface area contributed by atoms with Crippen molar-refractivity contribution in [2.45, 2.75) is 46.3 Å². The molecule has 1 aromatic heterocycles. The molecule has 1 aliphatic heterocycles. The summed E-state index contributed by atoms with van der Waals surface area (Å²) in [5.74, 6) is -0.933. The van der Waals surface area contributed by atoms with E-state index < -0.39 is 11.6 Å². The van der Waals surface area contributed by atoms with E-state index in [2.05, 4.69) is 14.3 Å². The Labute approximate surface area is 182 Å². The van der Waals surface area contributed by atoms with Gasteiger partial charge in [-0.15, -0.1) is 9.24 Å². The first kappa shape index (κ1) is 22.5. The molecule has 9 nitrogen and oxygen atoms in total. The minimum absolute atomic E-state index is 0.0855. The highest BCUT2D eigenvalue weighted by molar-refractivity contribution is 7.22. The van der Waals surface area contributed by atoms with Gasteiger partial charge in [0.05, 0.1) is 18.4 Å². The molecule has 164 valence electrons. The van der Waals surface area contributed by atoms with Gasteiger partial charge in [0.15, 0.2) is 11.5 Å². The van der Waals surface area contributed by atoms with Gasteiger partial charge in [0.2, 0.25) is 0 Å². The molecule has 1 fully saturated rings. The van der Waals surface area contributed by atoms with Crippen LogP contribution in [0.3, 0.4) is 0 Å². The molecule has 31 heavy (non-hydrogen) atoms. The third-order valence-electron chi connectivity index (χ3n) is 5.33. The van der Waals surface area contributed by atoms with Crippen molar-refractivity contribution in [2.24, 2.45) is 0 Å². The molecule has 0 aliphatic carbocycles. The lowest BCUT2D eigenvalue weighted by Gasteiger charge is -2.27. The average molecular weight is 443 g/mol. The maximum absolute atomic E-state index is 13.2. The van der Waals surface area contributed by atoms with Gasteiger partial charge in [-0.3, -0.25) is 9.48 Å². The van der Waals surface area contributed by atoms with Crippen LogP contribution in [0.15, 0.2) is 41.5 Å². The molecule has 0 spiro atoms. The Morgan fingerprint density at radius 3 is 2.45 bits per heavy atom. The quantitative estimate of drug-likeness (QED) is 0.274. The van der Waals surface area contributed by atoms with Crippen LogP contribution >= 0.6 is 9.24 Å². The van der Waals surface area contributed by atoms with Crippen LogP contribution in [0.2, 0.25) is 0 Å². The number of carbonyl (C=O) groups is 2. The van der Waals surface area contributed by atoms with Crippen molar-refractivity contribution in [2.75, 3.05) is 4.90 Å². The Kier molecular flexibility index (Phi) is 5.91. The number of hydrogen-bond acceptors (Lipinski definition) is 6. The predicted molar refractivity (Wildman–Crippen MR) is 120 cm³/mol. The number of aromatic nitrogens is 2. The predicted octanol–water partition coefficient (Wildman–Crippen LogP) is 3.23. The molecule has 0 radical (unpaired) electrons. The fourth-order valence-electron chi connectivity index (χ4n) is 3.43. The van der Waals surface area contributed by atoms with E-state index in [1.807, 2.05) is 6.92 Å². The average Bonchev–Trinajstić information content (AvgIpc) is 3.19. The molecule has 10 heteroatoms. The van der Waals surface area contributed by atoms with E-state index in [1.54, 1.807) is 37.7 Å². The van der Waals surface area contributed by atoms with Crippen LogP contribution in [0.25, 0.3) is 0 Å². The van der Waals surface area contributed by atoms with Gasteiger partial charge in [0, 0.05) is 18.5 Å². The molecule has 3 N–H and O–H groups in total. The highest BCUT2D eigenvalue weighted by atomic mass is 31.0. The zero-order valence-corrected chi connectivity index (χ0v) is 19.0. The van der Waals surface area contributed by atoms with Crippen LogP contribution in [0, 0.1) is 5.41 Å². The van der Waals surface area contributed by atoms with Gasteiger partial charge in [0.1, 0.15) is 5.54 Å². The van der Waals surface area contributed by atoms with Gasteiger partial charge in [-0.2, -0.15) is 5.10 Å². The van der Waals surface area contributed by atoms with Crippen LogP contribution in [0.1, 0.15) is 33.3 Å². The summed E-state index contributed by atoms with van der Waals surface area (Å²) in [6.07, 6.45) is 3.06.